The number of aliphatic carboxylic acids is 1. The molecule has 0 fully saturated rings. The summed E-state index contributed by atoms with van der Waals surface area (Å²) in [5.41, 5.74) is 10.1. The van der Waals surface area contributed by atoms with Crippen molar-refractivity contribution < 1.29 is 23.1 Å². The molecule has 0 unspecified atom stereocenters. The Kier molecular flexibility index (Phi) is 7.16. The van der Waals surface area contributed by atoms with Gasteiger partial charge >= 0.3 is 5.97 Å². The third-order valence-corrected chi connectivity index (χ3v) is 4.81. The quantitative estimate of drug-likeness (QED) is 0.434. The SMILES string of the molecule is NC(=O)CCS(=O)(=O)CCSC[C@@H](N)C(=O)O. The van der Waals surface area contributed by atoms with Crippen molar-refractivity contribution in [3.8, 4) is 0 Å². The molecule has 7 nitrogen and oxygen atoms in total. The van der Waals surface area contributed by atoms with Crippen molar-refractivity contribution in [1.29, 1.82) is 0 Å². The zero-order chi connectivity index (χ0) is 13.5. The van der Waals surface area contributed by atoms with Crippen molar-refractivity contribution in [2.75, 3.05) is 23.0 Å². The molecule has 1 atom stereocenters. The second-order valence-corrected chi connectivity index (χ2v) is 6.84. The molecular formula is C8H16N2O5S2. The minimum Gasteiger partial charge on any atom is -0.480 e. The van der Waals surface area contributed by atoms with Crippen LogP contribution in [0.15, 0.2) is 0 Å². The summed E-state index contributed by atoms with van der Waals surface area (Å²) < 4.78 is 22.7. The van der Waals surface area contributed by atoms with Crippen molar-refractivity contribution in [3.05, 3.63) is 0 Å². The molecule has 0 bridgehead atoms. The Balaban J connectivity index is 3.80. The average Bonchev–Trinajstić information content (AvgIpc) is 2.21. The highest BCUT2D eigenvalue weighted by Crippen LogP contribution is 2.05. The number of carbonyl (C=O) groups excluding carboxylic acids is 1. The lowest BCUT2D eigenvalue weighted by molar-refractivity contribution is -0.137. The number of rotatable bonds is 9. The van der Waals surface area contributed by atoms with E-state index < -0.39 is 27.8 Å². The maximum atomic E-state index is 11.3. The van der Waals surface area contributed by atoms with E-state index in [0.29, 0.717) is 0 Å². The highest BCUT2D eigenvalue weighted by molar-refractivity contribution is 8.00. The smallest absolute Gasteiger partial charge is 0.321 e. The Hall–Kier alpha value is -0.800. The normalized spacial score (nSPS) is 13.2. The van der Waals surface area contributed by atoms with Gasteiger partial charge in [0.05, 0.1) is 11.5 Å². The van der Waals surface area contributed by atoms with Gasteiger partial charge in [0, 0.05) is 17.9 Å². The average molecular weight is 284 g/mol. The van der Waals surface area contributed by atoms with Crippen LogP contribution < -0.4 is 11.5 Å². The van der Waals surface area contributed by atoms with Gasteiger partial charge in [-0.25, -0.2) is 8.42 Å². The third-order valence-electron chi connectivity index (χ3n) is 1.81. The predicted octanol–water partition coefficient (Wildman–Crippen LogP) is -1.58. The van der Waals surface area contributed by atoms with Gasteiger partial charge in [0.1, 0.15) is 6.04 Å². The Bertz CT molecular complexity index is 368. The Morgan fingerprint density at radius 1 is 1.29 bits per heavy atom. The fraction of sp³-hybridized carbons (Fsp3) is 0.750. The number of carboxylic acid groups (broad SMARTS) is 1. The zero-order valence-corrected chi connectivity index (χ0v) is 10.8. The molecule has 0 aliphatic carbocycles. The molecule has 17 heavy (non-hydrogen) atoms. The first-order chi connectivity index (χ1) is 7.74. The lowest BCUT2D eigenvalue weighted by Crippen LogP contribution is -2.32. The van der Waals surface area contributed by atoms with Gasteiger partial charge in [-0.3, -0.25) is 9.59 Å². The van der Waals surface area contributed by atoms with Gasteiger partial charge in [0.2, 0.25) is 5.91 Å². The molecule has 100 valence electrons. The van der Waals surface area contributed by atoms with Crippen molar-refractivity contribution in [1.82, 2.24) is 0 Å². The number of nitrogens with two attached hydrogens (primary N) is 2. The van der Waals surface area contributed by atoms with Gasteiger partial charge < -0.3 is 16.6 Å². The second kappa shape index (κ2) is 7.51. The molecule has 0 aromatic rings. The fourth-order valence-corrected chi connectivity index (χ4v) is 3.59. The number of amides is 1. The predicted molar refractivity (Wildman–Crippen MR) is 65.4 cm³/mol. The largest absolute Gasteiger partial charge is 0.480 e. The van der Waals surface area contributed by atoms with Gasteiger partial charge in [-0.2, -0.15) is 11.8 Å². The maximum absolute atomic E-state index is 11.3. The topological polar surface area (TPSA) is 141 Å². The van der Waals surface area contributed by atoms with E-state index in [1.165, 1.54) is 0 Å². The molecule has 0 heterocycles. The molecule has 0 aliphatic heterocycles. The van der Waals surface area contributed by atoms with Gasteiger partial charge in [-0.1, -0.05) is 0 Å². The van der Waals surface area contributed by atoms with E-state index in [2.05, 4.69) is 0 Å². The van der Waals surface area contributed by atoms with Crippen LogP contribution in [0.25, 0.3) is 0 Å². The molecule has 0 saturated heterocycles. The van der Waals surface area contributed by atoms with E-state index in [-0.39, 0.29) is 29.4 Å². The minimum atomic E-state index is -3.30. The van der Waals surface area contributed by atoms with Crippen LogP contribution in [0.2, 0.25) is 0 Å². The highest BCUT2D eigenvalue weighted by Gasteiger charge is 2.14. The first kappa shape index (κ1) is 16.2. The first-order valence-corrected chi connectivity index (χ1v) is 7.77. The number of carboxylic acids is 1. The molecular weight excluding hydrogens is 268 g/mol. The van der Waals surface area contributed by atoms with Crippen molar-refractivity contribution in [2.24, 2.45) is 11.5 Å². The standard InChI is InChI=1S/C8H16N2O5S2/c9-6(8(12)13)5-16-2-4-17(14,15)3-1-7(10)11/h6H,1-5,9H2,(H2,10,11)(H,12,13)/t6-/m1/s1. The molecule has 0 aromatic carbocycles. The van der Waals surface area contributed by atoms with Crippen LogP contribution in [0.4, 0.5) is 0 Å². The highest BCUT2D eigenvalue weighted by atomic mass is 32.2. The molecule has 5 N–H and O–H groups in total. The summed E-state index contributed by atoms with van der Waals surface area (Å²) in [5.74, 6) is -1.75. The minimum absolute atomic E-state index is 0.114. The van der Waals surface area contributed by atoms with E-state index in [9.17, 15) is 18.0 Å². The summed E-state index contributed by atoms with van der Waals surface area (Å²) in [6.45, 7) is 0. The maximum Gasteiger partial charge on any atom is 0.321 e. The molecule has 0 radical (unpaired) electrons. The number of thioether (sulfide) groups is 1. The van der Waals surface area contributed by atoms with Gasteiger partial charge in [-0.05, 0) is 0 Å². The van der Waals surface area contributed by atoms with E-state index in [1.54, 1.807) is 0 Å². The van der Waals surface area contributed by atoms with Crippen molar-refractivity contribution in [3.63, 3.8) is 0 Å². The fourth-order valence-electron chi connectivity index (χ4n) is 0.826. The molecule has 0 saturated carbocycles. The molecule has 0 spiro atoms. The number of hydrogen-bond acceptors (Lipinski definition) is 6. The van der Waals surface area contributed by atoms with Crippen molar-refractivity contribution >= 4 is 33.5 Å². The molecule has 0 aromatic heterocycles. The Morgan fingerprint density at radius 2 is 1.88 bits per heavy atom. The lowest BCUT2D eigenvalue weighted by Gasteiger charge is -2.06. The van der Waals surface area contributed by atoms with E-state index in [4.69, 9.17) is 16.6 Å². The van der Waals surface area contributed by atoms with Crippen LogP contribution in [0.3, 0.4) is 0 Å². The van der Waals surface area contributed by atoms with Crippen LogP contribution >= 0.6 is 11.8 Å². The van der Waals surface area contributed by atoms with Gasteiger partial charge in [0.25, 0.3) is 0 Å². The zero-order valence-electron chi connectivity index (χ0n) is 9.16. The number of carbonyl (C=O) groups is 2. The van der Waals surface area contributed by atoms with Gasteiger partial charge in [-0.15, -0.1) is 0 Å². The summed E-state index contributed by atoms with van der Waals surface area (Å²) in [5, 5.41) is 8.48. The van der Waals surface area contributed by atoms with Crippen LogP contribution in [0, 0.1) is 0 Å². The second-order valence-electron chi connectivity index (χ2n) is 3.39. The molecule has 9 heteroatoms. The van der Waals surface area contributed by atoms with Gasteiger partial charge in [0.15, 0.2) is 9.84 Å². The Morgan fingerprint density at radius 3 is 2.35 bits per heavy atom. The van der Waals surface area contributed by atoms with Crippen LogP contribution in [-0.2, 0) is 19.4 Å². The van der Waals surface area contributed by atoms with E-state index in [1.807, 2.05) is 0 Å². The summed E-state index contributed by atoms with van der Waals surface area (Å²) in [4.78, 5) is 20.8. The summed E-state index contributed by atoms with van der Waals surface area (Å²) in [6.07, 6.45) is -0.193. The first-order valence-electron chi connectivity index (χ1n) is 4.79. The molecule has 0 aliphatic rings. The monoisotopic (exact) mass is 284 g/mol. The van der Waals surface area contributed by atoms with Crippen LogP contribution in [0.1, 0.15) is 6.42 Å². The summed E-state index contributed by atoms with van der Waals surface area (Å²) >= 11 is 1.15. The number of hydrogen-bond donors (Lipinski definition) is 3. The van der Waals surface area contributed by atoms with Crippen LogP contribution in [0.5, 0.6) is 0 Å². The lowest BCUT2D eigenvalue weighted by atomic mass is 10.4. The van der Waals surface area contributed by atoms with Crippen LogP contribution in [-0.4, -0.2) is 54.5 Å². The molecule has 1 amide bonds. The third kappa shape index (κ3) is 8.95. The van der Waals surface area contributed by atoms with E-state index >= 15 is 0 Å². The van der Waals surface area contributed by atoms with E-state index in [0.717, 1.165) is 11.8 Å². The Labute approximate surface area is 104 Å². The summed E-state index contributed by atoms with van der Waals surface area (Å²) in [6, 6.07) is -0.992. The number of primary amides is 1. The molecule has 0 rings (SSSR count). The summed E-state index contributed by atoms with van der Waals surface area (Å²) in [7, 11) is -3.30. The number of sulfone groups is 1. The van der Waals surface area contributed by atoms with Crippen molar-refractivity contribution in [2.45, 2.75) is 12.5 Å².